The van der Waals surface area contributed by atoms with Crippen LogP contribution in [0.15, 0.2) is 48.5 Å². The third-order valence-corrected chi connectivity index (χ3v) is 4.51. The molecule has 0 spiro atoms. The maximum atomic E-state index is 12.2. The Balaban J connectivity index is 1.60. The second kappa shape index (κ2) is 6.79. The quantitative estimate of drug-likeness (QED) is 0.752. The summed E-state index contributed by atoms with van der Waals surface area (Å²) in [6, 6.07) is 15.6. The van der Waals surface area contributed by atoms with Crippen LogP contribution in [0.5, 0.6) is 0 Å². The molecule has 0 aliphatic heterocycles. The van der Waals surface area contributed by atoms with Crippen molar-refractivity contribution < 1.29 is 4.79 Å². The van der Waals surface area contributed by atoms with Gasteiger partial charge in [0.2, 0.25) is 5.91 Å². The predicted molar refractivity (Wildman–Crippen MR) is 95.7 cm³/mol. The molecule has 1 amide bonds. The molecule has 3 aromatic rings. The Hall–Kier alpha value is -2.40. The van der Waals surface area contributed by atoms with Gasteiger partial charge in [0.25, 0.3) is 0 Å². The molecule has 5 heteroatoms. The zero-order valence-corrected chi connectivity index (χ0v) is 14.0. The van der Waals surface area contributed by atoms with E-state index in [9.17, 15) is 4.79 Å². The monoisotopic (exact) mass is 325 g/mol. The SMILES string of the molecule is Cc1nc2ccc(N[C@@H](C)C(=O)NCc3ccccc3)cc2s1. The molecule has 0 saturated heterocycles. The lowest BCUT2D eigenvalue weighted by Crippen LogP contribution is -2.37. The third kappa shape index (κ3) is 3.87. The fourth-order valence-electron chi connectivity index (χ4n) is 2.38. The number of carbonyl (C=O) groups is 1. The minimum Gasteiger partial charge on any atom is -0.374 e. The van der Waals surface area contributed by atoms with Crippen molar-refractivity contribution in [3.8, 4) is 0 Å². The normalized spacial score (nSPS) is 12.1. The maximum absolute atomic E-state index is 12.2. The van der Waals surface area contributed by atoms with Gasteiger partial charge >= 0.3 is 0 Å². The van der Waals surface area contributed by atoms with Crippen LogP contribution in [0.25, 0.3) is 10.2 Å². The maximum Gasteiger partial charge on any atom is 0.242 e. The number of nitrogens with zero attached hydrogens (tertiary/aromatic N) is 1. The Morgan fingerprint density at radius 2 is 2.00 bits per heavy atom. The van der Waals surface area contributed by atoms with Gasteiger partial charge in [0, 0.05) is 12.2 Å². The molecular formula is C18H19N3OS. The second-order valence-corrected chi connectivity index (χ2v) is 6.72. The molecule has 0 bridgehead atoms. The summed E-state index contributed by atoms with van der Waals surface area (Å²) in [7, 11) is 0. The molecule has 1 atom stereocenters. The molecule has 0 aliphatic carbocycles. The fourth-order valence-corrected chi connectivity index (χ4v) is 3.25. The first kappa shape index (κ1) is 15.5. The van der Waals surface area contributed by atoms with Crippen LogP contribution in [0.2, 0.25) is 0 Å². The Labute approximate surface area is 139 Å². The minimum absolute atomic E-state index is 0.0190. The highest BCUT2D eigenvalue weighted by molar-refractivity contribution is 7.18. The van der Waals surface area contributed by atoms with Crippen LogP contribution in [0.4, 0.5) is 5.69 Å². The highest BCUT2D eigenvalue weighted by atomic mass is 32.1. The van der Waals surface area contributed by atoms with Crippen LogP contribution >= 0.6 is 11.3 Å². The molecule has 4 nitrogen and oxygen atoms in total. The van der Waals surface area contributed by atoms with E-state index in [1.165, 1.54) is 0 Å². The first-order valence-electron chi connectivity index (χ1n) is 7.57. The number of benzene rings is 2. The summed E-state index contributed by atoms with van der Waals surface area (Å²) in [6.45, 7) is 4.40. The number of amides is 1. The van der Waals surface area contributed by atoms with Crippen molar-refractivity contribution in [3.63, 3.8) is 0 Å². The van der Waals surface area contributed by atoms with Gasteiger partial charge in [0.1, 0.15) is 6.04 Å². The number of fused-ring (bicyclic) bond motifs is 1. The van der Waals surface area contributed by atoms with Crippen molar-refractivity contribution in [2.24, 2.45) is 0 Å². The van der Waals surface area contributed by atoms with E-state index in [4.69, 9.17) is 0 Å². The highest BCUT2D eigenvalue weighted by Gasteiger charge is 2.12. The summed E-state index contributed by atoms with van der Waals surface area (Å²) < 4.78 is 1.13. The number of aryl methyl sites for hydroxylation is 1. The zero-order valence-electron chi connectivity index (χ0n) is 13.2. The molecule has 1 aromatic heterocycles. The number of thiazole rings is 1. The van der Waals surface area contributed by atoms with Gasteiger partial charge in [-0.05, 0) is 37.6 Å². The van der Waals surface area contributed by atoms with Gasteiger partial charge in [-0.2, -0.15) is 0 Å². The van der Waals surface area contributed by atoms with Crippen molar-refractivity contribution in [1.82, 2.24) is 10.3 Å². The van der Waals surface area contributed by atoms with Gasteiger partial charge in [-0.15, -0.1) is 11.3 Å². The number of rotatable bonds is 5. The number of hydrogen-bond acceptors (Lipinski definition) is 4. The van der Waals surface area contributed by atoms with Crippen molar-refractivity contribution in [3.05, 3.63) is 59.1 Å². The molecule has 2 N–H and O–H groups in total. The van der Waals surface area contributed by atoms with Gasteiger partial charge in [0.15, 0.2) is 0 Å². The van der Waals surface area contributed by atoms with Gasteiger partial charge < -0.3 is 10.6 Å². The standard InChI is InChI=1S/C18H19N3OS/c1-12(18(22)19-11-14-6-4-3-5-7-14)20-15-8-9-16-17(10-15)23-13(2)21-16/h3-10,12,20H,11H2,1-2H3,(H,19,22)/t12-/m0/s1. The first-order valence-corrected chi connectivity index (χ1v) is 8.39. The van der Waals surface area contributed by atoms with Crippen molar-refractivity contribution in [2.75, 3.05) is 5.32 Å². The van der Waals surface area contributed by atoms with Gasteiger partial charge in [-0.1, -0.05) is 30.3 Å². The number of hydrogen-bond donors (Lipinski definition) is 2. The van der Waals surface area contributed by atoms with Crippen LogP contribution in [0.1, 0.15) is 17.5 Å². The fraction of sp³-hybridized carbons (Fsp3) is 0.222. The molecule has 0 aliphatic rings. The summed E-state index contributed by atoms with van der Waals surface area (Å²) in [5.41, 5.74) is 3.03. The molecule has 0 unspecified atom stereocenters. The molecular weight excluding hydrogens is 306 g/mol. The number of anilines is 1. The van der Waals surface area contributed by atoms with Crippen LogP contribution in [-0.4, -0.2) is 16.9 Å². The Morgan fingerprint density at radius 1 is 1.22 bits per heavy atom. The van der Waals surface area contributed by atoms with Gasteiger partial charge in [0.05, 0.1) is 15.2 Å². The minimum atomic E-state index is -0.301. The summed E-state index contributed by atoms with van der Waals surface area (Å²) in [4.78, 5) is 16.6. The lowest BCUT2D eigenvalue weighted by molar-refractivity contribution is -0.121. The lowest BCUT2D eigenvalue weighted by Gasteiger charge is -2.15. The average Bonchev–Trinajstić information content (AvgIpc) is 2.92. The van der Waals surface area contributed by atoms with Crippen LogP contribution in [-0.2, 0) is 11.3 Å². The van der Waals surface area contributed by atoms with E-state index in [2.05, 4.69) is 15.6 Å². The highest BCUT2D eigenvalue weighted by Crippen LogP contribution is 2.25. The molecule has 118 valence electrons. The van der Waals surface area contributed by atoms with Crippen LogP contribution in [0, 0.1) is 6.92 Å². The van der Waals surface area contributed by atoms with E-state index in [1.807, 2.05) is 62.4 Å². The summed E-state index contributed by atoms with van der Waals surface area (Å²) in [5, 5.41) is 7.24. The van der Waals surface area contributed by atoms with E-state index in [0.717, 1.165) is 26.5 Å². The summed E-state index contributed by atoms with van der Waals surface area (Å²) >= 11 is 1.66. The van der Waals surface area contributed by atoms with Gasteiger partial charge in [-0.3, -0.25) is 4.79 Å². The molecule has 1 heterocycles. The lowest BCUT2D eigenvalue weighted by atomic mass is 10.2. The largest absolute Gasteiger partial charge is 0.374 e. The smallest absolute Gasteiger partial charge is 0.242 e. The van der Waals surface area contributed by atoms with E-state index in [1.54, 1.807) is 11.3 Å². The van der Waals surface area contributed by atoms with Crippen molar-refractivity contribution >= 4 is 33.1 Å². The third-order valence-electron chi connectivity index (χ3n) is 3.58. The zero-order chi connectivity index (χ0) is 16.2. The van der Waals surface area contributed by atoms with Crippen LogP contribution in [0.3, 0.4) is 0 Å². The summed E-state index contributed by atoms with van der Waals surface area (Å²) in [6.07, 6.45) is 0. The Kier molecular flexibility index (Phi) is 4.57. The van der Waals surface area contributed by atoms with E-state index in [-0.39, 0.29) is 11.9 Å². The predicted octanol–water partition coefficient (Wildman–Crippen LogP) is 3.72. The van der Waals surface area contributed by atoms with Crippen LogP contribution < -0.4 is 10.6 Å². The van der Waals surface area contributed by atoms with Crippen molar-refractivity contribution in [2.45, 2.75) is 26.4 Å². The number of aromatic nitrogens is 1. The molecule has 2 aromatic carbocycles. The molecule has 23 heavy (non-hydrogen) atoms. The van der Waals surface area contributed by atoms with E-state index in [0.29, 0.717) is 6.54 Å². The van der Waals surface area contributed by atoms with E-state index >= 15 is 0 Å². The van der Waals surface area contributed by atoms with E-state index < -0.39 is 0 Å². The van der Waals surface area contributed by atoms with Crippen molar-refractivity contribution in [1.29, 1.82) is 0 Å². The Bertz CT molecular complexity index is 814. The Morgan fingerprint density at radius 3 is 2.78 bits per heavy atom. The van der Waals surface area contributed by atoms with Gasteiger partial charge in [-0.25, -0.2) is 4.98 Å². The number of nitrogens with one attached hydrogen (secondary N) is 2. The molecule has 0 radical (unpaired) electrons. The summed E-state index contributed by atoms with van der Waals surface area (Å²) in [5.74, 6) is -0.0190. The number of carbonyl (C=O) groups excluding carboxylic acids is 1. The molecule has 0 fully saturated rings. The molecule has 3 rings (SSSR count). The second-order valence-electron chi connectivity index (χ2n) is 5.48. The topological polar surface area (TPSA) is 54.0 Å². The average molecular weight is 325 g/mol. The molecule has 0 saturated carbocycles. The first-order chi connectivity index (χ1) is 11.1.